The van der Waals surface area contributed by atoms with E-state index in [0.717, 1.165) is 5.82 Å². The zero-order valence-corrected chi connectivity index (χ0v) is 8.15. The molecule has 0 aromatic carbocycles. The fourth-order valence-electron chi connectivity index (χ4n) is 1.55. The van der Waals surface area contributed by atoms with Crippen molar-refractivity contribution in [3.63, 3.8) is 0 Å². The molecule has 68 valence electrons. The van der Waals surface area contributed by atoms with Crippen molar-refractivity contribution >= 4 is 0 Å². The lowest BCUT2D eigenvalue weighted by Crippen LogP contribution is -2.00. The van der Waals surface area contributed by atoms with Gasteiger partial charge in [0.05, 0.1) is 0 Å². The molecule has 0 unspecified atom stereocenters. The first kappa shape index (κ1) is 8.10. The molecule has 13 heavy (non-hydrogen) atoms. The summed E-state index contributed by atoms with van der Waals surface area (Å²) < 4.78 is 3.95. The molecule has 3 nitrogen and oxygen atoms in total. The number of nitrogens with zero attached hydrogens (tertiary/aromatic N) is 3. The molecule has 2 aromatic rings. The molecular formula is C10H13N3. The maximum Gasteiger partial charge on any atom is 0.159 e. The van der Waals surface area contributed by atoms with Crippen LogP contribution in [0.15, 0.2) is 24.4 Å². The van der Waals surface area contributed by atoms with Gasteiger partial charge in [-0.15, -0.1) is 0 Å². The van der Waals surface area contributed by atoms with E-state index in [1.807, 2.05) is 24.0 Å². The molecule has 0 bridgehead atoms. The molecule has 0 radical (unpaired) electrons. The third-order valence-corrected chi connectivity index (χ3v) is 2.20. The summed E-state index contributed by atoms with van der Waals surface area (Å²) >= 11 is 0. The van der Waals surface area contributed by atoms with Gasteiger partial charge in [-0.1, -0.05) is 0 Å². The van der Waals surface area contributed by atoms with E-state index in [2.05, 4.69) is 35.6 Å². The minimum atomic E-state index is 0.988. The molecule has 3 heteroatoms. The lowest BCUT2D eigenvalue weighted by Gasteiger charge is -2.03. The highest BCUT2D eigenvalue weighted by Crippen LogP contribution is 2.13. The summed E-state index contributed by atoms with van der Waals surface area (Å²) in [6.45, 7) is 4.17. The van der Waals surface area contributed by atoms with E-state index in [-0.39, 0.29) is 0 Å². The molecule has 0 aliphatic heterocycles. The van der Waals surface area contributed by atoms with Gasteiger partial charge in [0, 0.05) is 30.7 Å². The summed E-state index contributed by atoms with van der Waals surface area (Å²) in [6.07, 6.45) is 1.95. The van der Waals surface area contributed by atoms with Crippen molar-refractivity contribution in [1.82, 2.24) is 14.3 Å². The molecule has 0 fully saturated rings. The third kappa shape index (κ3) is 1.26. The maximum absolute atomic E-state index is 4.35. The average molecular weight is 175 g/mol. The van der Waals surface area contributed by atoms with E-state index in [9.17, 15) is 0 Å². The minimum Gasteiger partial charge on any atom is -0.302 e. The Bertz CT molecular complexity index is 404. The van der Waals surface area contributed by atoms with Gasteiger partial charge < -0.3 is 4.57 Å². The van der Waals surface area contributed by atoms with Crippen molar-refractivity contribution < 1.29 is 0 Å². The molecule has 0 spiro atoms. The Labute approximate surface area is 77.6 Å². The summed E-state index contributed by atoms with van der Waals surface area (Å²) in [5.74, 6) is 0.988. The molecule has 0 amide bonds. The first-order valence-electron chi connectivity index (χ1n) is 4.33. The van der Waals surface area contributed by atoms with Crippen LogP contribution in [-0.2, 0) is 7.05 Å². The van der Waals surface area contributed by atoms with Crippen LogP contribution in [0, 0.1) is 13.8 Å². The van der Waals surface area contributed by atoms with Crippen LogP contribution in [0.3, 0.4) is 0 Å². The van der Waals surface area contributed by atoms with Gasteiger partial charge in [0.25, 0.3) is 0 Å². The third-order valence-electron chi connectivity index (χ3n) is 2.20. The Hall–Kier alpha value is -1.51. The fraction of sp³-hybridized carbons (Fsp3) is 0.300. The lowest BCUT2D eigenvalue weighted by atomic mass is 10.5. The van der Waals surface area contributed by atoms with Crippen LogP contribution in [0.4, 0.5) is 0 Å². The summed E-state index contributed by atoms with van der Waals surface area (Å²) in [7, 11) is 1.93. The topological polar surface area (TPSA) is 22.8 Å². The molecule has 0 atom stereocenters. The molecule has 0 saturated heterocycles. The van der Waals surface area contributed by atoms with Crippen LogP contribution in [-0.4, -0.2) is 14.3 Å². The number of rotatable bonds is 1. The van der Waals surface area contributed by atoms with Gasteiger partial charge in [0.2, 0.25) is 0 Å². The molecule has 0 saturated carbocycles. The second-order valence-electron chi connectivity index (χ2n) is 3.30. The highest BCUT2D eigenvalue weighted by Gasteiger charge is 2.05. The predicted octanol–water partition coefficient (Wildman–Crippen LogP) is 1.83. The van der Waals surface area contributed by atoms with Crippen LogP contribution in [0.25, 0.3) is 5.82 Å². The Balaban J connectivity index is 2.57. The van der Waals surface area contributed by atoms with Gasteiger partial charge in [-0.3, -0.25) is 4.68 Å². The smallest absolute Gasteiger partial charge is 0.159 e. The van der Waals surface area contributed by atoms with Crippen LogP contribution >= 0.6 is 0 Å². The monoisotopic (exact) mass is 175 g/mol. The van der Waals surface area contributed by atoms with Crippen LogP contribution in [0.5, 0.6) is 0 Å². The number of aryl methyl sites for hydroxylation is 3. The molecular weight excluding hydrogens is 162 g/mol. The average Bonchev–Trinajstić information content (AvgIpc) is 2.60. The first-order valence-corrected chi connectivity index (χ1v) is 4.33. The SMILES string of the molecule is Cc1ccc(C)n1-c1ccn(C)n1. The molecule has 0 aliphatic carbocycles. The Morgan fingerprint density at radius 2 is 1.69 bits per heavy atom. The van der Waals surface area contributed by atoms with E-state index >= 15 is 0 Å². The maximum atomic E-state index is 4.35. The van der Waals surface area contributed by atoms with Gasteiger partial charge in [-0.05, 0) is 26.0 Å². The van der Waals surface area contributed by atoms with Gasteiger partial charge in [0.1, 0.15) is 0 Å². The Morgan fingerprint density at radius 3 is 2.15 bits per heavy atom. The normalized spacial score (nSPS) is 10.7. The van der Waals surface area contributed by atoms with Crippen molar-refractivity contribution in [3.8, 4) is 5.82 Å². The first-order chi connectivity index (χ1) is 6.18. The zero-order chi connectivity index (χ0) is 9.42. The van der Waals surface area contributed by atoms with Crippen molar-refractivity contribution in [2.45, 2.75) is 13.8 Å². The second-order valence-corrected chi connectivity index (χ2v) is 3.30. The van der Waals surface area contributed by atoms with E-state index in [1.165, 1.54) is 11.4 Å². The van der Waals surface area contributed by atoms with E-state index in [4.69, 9.17) is 0 Å². The van der Waals surface area contributed by atoms with Crippen LogP contribution < -0.4 is 0 Å². The fourth-order valence-corrected chi connectivity index (χ4v) is 1.55. The van der Waals surface area contributed by atoms with Crippen LogP contribution in [0.2, 0.25) is 0 Å². The molecule has 2 aromatic heterocycles. The van der Waals surface area contributed by atoms with Crippen molar-refractivity contribution in [2.75, 3.05) is 0 Å². The Kier molecular flexibility index (Phi) is 1.72. The minimum absolute atomic E-state index is 0.988. The number of hydrogen-bond donors (Lipinski definition) is 0. The number of hydrogen-bond acceptors (Lipinski definition) is 1. The van der Waals surface area contributed by atoms with Gasteiger partial charge in [-0.2, -0.15) is 5.10 Å². The molecule has 0 aliphatic rings. The highest BCUT2D eigenvalue weighted by molar-refractivity contribution is 5.29. The van der Waals surface area contributed by atoms with Gasteiger partial charge in [0.15, 0.2) is 5.82 Å². The lowest BCUT2D eigenvalue weighted by molar-refractivity contribution is 0.745. The molecule has 0 N–H and O–H groups in total. The van der Waals surface area contributed by atoms with Crippen molar-refractivity contribution in [1.29, 1.82) is 0 Å². The molecule has 2 rings (SSSR count). The van der Waals surface area contributed by atoms with Gasteiger partial charge >= 0.3 is 0 Å². The second kappa shape index (κ2) is 2.76. The summed E-state index contributed by atoms with van der Waals surface area (Å²) in [6, 6.07) is 6.22. The Morgan fingerprint density at radius 1 is 1.08 bits per heavy atom. The van der Waals surface area contributed by atoms with E-state index < -0.39 is 0 Å². The van der Waals surface area contributed by atoms with Crippen LogP contribution in [0.1, 0.15) is 11.4 Å². The van der Waals surface area contributed by atoms with Crippen molar-refractivity contribution in [3.05, 3.63) is 35.8 Å². The van der Waals surface area contributed by atoms with Crippen molar-refractivity contribution in [2.24, 2.45) is 7.05 Å². The quantitative estimate of drug-likeness (QED) is 0.648. The highest BCUT2D eigenvalue weighted by atomic mass is 15.3. The number of aromatic nitrogens is 3. The summed E-state index contributed by atoms with van der Waals surface area (Å²) in [5.41, 5.74) is 2.44. The largest absolute Gasteiger partial charge is 0.302 e. The predicted molar refractivity (Wildman–Crippen MR) is 52.0 cm³/mol. The summed E-state index contributed by atoms with van der Waals surface area (Å²) in [4.78, 5) is 0. The standard InChI is InChI=1S/C10H13N3/c1-8-4-5-9(2)13(8)10-6-7-12(3)11-10/h4-7H,1-3H3. The molecule has 2 heterocycles. The summed E-state index contributed by atoms with van der Waals surface area (Å²) in [5, 5.41) is 4.35. The van der Waals surface area contributed by atoms with E-state index in [0.29, 0.717) is 0 Å². The van der Waals surface area contributed by atoms with Gasteiger partial charge in [-0.25, -0.2) is 0 Å². The zero-order valence-electron chi connectivity index (χ0n) is 8.15. The van der Waals surface area contributed by atoms with E-state index in [1.54, 1.807) is 0 Å².